The fourth-order valence-corrected chi connectivity index (χ4v) is 2.98. The Kier molecular flexibility index (Phi) is 5.43. The second kappa shape index (κ2) is 6.30. The number of thiazole rings is 1. The molecule has 20 heavy (non-hydrogen) atoms. The summed E-state index contributed by atoms with van der Waals surface area (Å²) in [5, 5.41) is 3.62. The van der Waals surface area contributed by atoms with E-state index in [1.165, 1.54) is 18.4 Å². The molecule has 0 saturated heterocycles. The maximum Gasteiger partial charge on any atom is 0.405 e. The van der Waals surface area contributed by atoms with Crippen LogP contribution in [0.4, 0.5) is 18.3 Å². The van der Waals surface area contributed by atoms with Crippen LogP contribution in [0, 0.1) is 0 Å². The van der Waals surface area contributed by atoms with E-state index < -0.39 is 12.7 Å². The van der Waals surface area contributed by atoms with Gasteiger partial charge in [0.1, 0.15) is 6.54 Å². The van der Waals surface area contributed by atoms with Crippen LogP contribution in [-0.2, 0) is 12.0 Å². The first kappa shape index (κ1) is 17.2. The molecule has 1 heterocycles. The van der Waals surface area contributed by atoms with Gasteiger partial charge in [0.15, 0.2) is 5.13 Å². The van der Waals surface area contributed by atoms with Crippen LogP contribution in [0.15, 0.2) is 0 Å². The zero-order valence-electron chi connectivity index (χ0n) is 12.6. The Labute approximate surface area is 122 Å². The molecule has 116 valence electrons. The summed E-state index contributed by atoms with van der Waals surface area (Å²) < 4.78 is 37.4. The van der Waals surface area contributed by atoms with E-state index in [0.717, 1.165) is 22.0 Å². The van der Waals surface area contributed by atoms with Crippen molar-refractivity contribution in [2.45, 2.75) is 45.8 Å². The van der Waals surface area contributed by atoms with E-state index in [1.807, 2.05) is 27.7 Å². The number of alkyl halides is 3. The Morgan fingerprint density at radius 1 is 1.25 bits per heavy atom. The predicted molar refractivity (Wildman–Crippen MR) is 77.5 cm³/mol. The summed E-state index contributed by atoms with van der Waals surface area (Å²) in [6, 6.07) is 0. The van der Waals surface area contributed by atoms with Gasteiger partial charge in [0.05, 0.1) is 5.69 Å². The van der Waals surface area contributed by atoms with Gasteiger partial charge in [-0.05, 0) is 6.54 Å². The molecule has 0 aliphatic carbocycles. The van der Waals surface area contributed by atoms with E-state index in [4.69, 9.17) is 0 Å². The topological polar surface area (TPSA) is 28.2 Å². The average Bonchev–Trinajstić information content (AvgIpc) is 2.67. The highest BCUT2D eigenvalue weighted by molar-refractivity contribution is 7.15. The summed E-state index contributed by atoms with van der Waals surface area (Å²) >= 11 is 1.33. The maximum atomic E-state index is 12.5. The monoisotopic (exact) mass is 309 g/mol. The van der Waals surface area contributed by atoms with Crippen LogP contribution in [-0.4, -0.2) is 31.3 Å². The van der Waals surface area contributed by atoms with E-state index >= 15 is 0 Å². The first-order valence-electron chi connectivity index (χ1n) is 6.53. The van der Waals surface area contributed by atoms with Crippen molar-refractivity contribution in [2.75, 3.05) is 25.0 Å². The van der Waals surface area contributed by atoms with Crippen LogP contribution in [0.2, 0.25) is 0 Å². The molecule has 1 aromatic rings. The van der Waals surface area contributed by atoms with Gasteiger partial charge in [-0.15, -0.1) is 11.3 Å². The van der Waals surface area contributed by atoms with Crippen LogP contribution in [0.5, 0.6) is 0 Å². The molecule has 0 aliphatic heterocycles. The number of hydrogen-bond donors (Lipinski definition) is 1. The number of rotatable bonds is 5. The SMILES string of the molecule is CCNCc1sc(N(C)CC(F)(F)F)nc1C(C)(C)C. The summed E-state index contributed by atoms with van der Waals surface area (Å²) in [5.41, 5.74) is 0.686. The summed E-state index contributed by atoms with van der Waals surface area (Å²) in [6.45, 7) is 8.52. The minimum Gasteiger partial charge on any atom is -0.342 e. The van der Waals surface area contributed by atoms with Crippen LogP contribution < -0.4 is 10.2 Å². The average molecular weight is 309 g/mol. The highest BCUT2D eigenvalue weighted by atomic mass is 32.1. The van der Waals surface area contributed by atoms with Gasteiger partial charge in [-0.25, -0.2) is 4.98 Å². The number of halogens is 3. The van der Waals surface area contributed by atoms with E-state index in [9.17, 15) is 13.2 Å². The van der Waals surface area contributed by atoms with Gasteiger partial charge in [0.25, 0.3) is 0 Å². The van der Waals surface area contributed by atoms with Gasteiger partial charge in [-0.1, -0.05) is 27.7 Å². The lowest BCUT2D eigenvalue weighted by atomic mass is 9.91. The molecule has 1 rings (SSSR count). The van der Waals surface area contributed by atoms with Crippen LogP contribution in [0.1, 0.15) is 38.3 Å². The third kappa shape index (κ3) is 4.94. The van der Waals surface area contributed by atoms with Crippen LogP contribution in [0.3, 0.4) is 0 Å². The molecule has 0 spiro atoms. The van der Waals surface area contributed by atoms with E-state index in [2.05, 4.69) is 10.3 Å². The Bertz CT molecular complexity index is 435. The quantitative estimate of drug-likeness (QED) is 0.901. The molecule has 0 aliphatic rings. The Morgan fingerprint density at radius 2 is 1.85 bits per heavy atom. The Balaban J connectivity index is 3.02. The number of nitrogens with one attached hydrogen (secondary N) is 1. The molecule has 0 saturated carbocycles. The molecule has 3 nitrogen and oxygen atoms in total. The zero-order chi connectivity index (χ0) is 15.6. The second-order valence-electron chi connectivity index (χ2n) is 5.77. The van der Waals surface area contributed by atoms with Crippen molar-refractivity contribution in [3.63, 3.8) is 0 Å². The summed E-state index contributed by atoms with van der Waals surface area (Å²) in [7, 11) is 1.43. The lowest BCUT2D eigenvalue weighted by molar-refractivity contribution is -0.119. The van der Waals surface area contributed by atoms with E-state index in [1.54, 1.807) is 0 Å². The normalized spacial score (nSPS) is 12.8. The molecule has 1 N–H and O–H groups in total. The molecule has 0 aromatic carbocycles. The summed E-state index contributed by atoms with van der Waals surface area (Å²) in [4.78, 5) is 6.59. The minimum absolute atomic E-state index is 0.182. The lowest BCUT2D eigenvalue weighted by Gasteiger charge is -2.19. The standard InChI is InChI=1S/C13H22F3N3S/c1-6-17-7-9-10(12(2,3)4)18-11(20-9)19(5)8-13(14,15)16/h17H,6-8H2,1-5H3. The van der Waals surface area contributed by atoms with Gasteiger partial charge in [0.2, 0.25) is 0 Å². The fraction of sp³-hybridized carbons (Fsp3) is 0.769. The molecule has 0 radical (unpaired) electrons. The van der Waals surface area contributed by atoms with E-state index in [0.29, 0.717) is 11.7 Å². The highest BCUT2D eigenvalue weighted by Crippen LogP contribution is 2.34. The molecule has 1 aromatic heterocycles. The Morgan fingerprint density at radius 3 is 2.30 bits per heavy atom. The fourth-order valence-electron chi connectivity index (χ4n) is 1.78. The van der Waals surface area contributed by atoms with Crippen molar-refractivity contribution in [3.05, 3.63) is 10.6 Å². The van der Waals surface area contributed by atoms with Gasteiger partial charge in [-0.3, -0.25) is 0 Å². The molecule has 0 atom stereocenters. The molecular weight excluding hydrogens is 287 g/mol. The number of nitrogens with zero attached hydrogens (tertiary/aromatic N) is 2. The van der Waals surface area contributed by atoms with Crippen molar-refractivity contribution in [3.8, 4) is 0 Å². The number of hydrogen-bond acceptors (Lipinski definition) is 4. The van der Waals surface area contributed by atoms with Crippen LogP contribution in [0.25, 0.3) is 0 Å². The number of aromatic nitrogens is 1. The van der Waals surface area contributed by atoms with Crippen molar-refractivity contribution < 1.29 is 13.2 Å². The zero-order valence-corrected chi connectivity index (χ0v) is 13.4. The van der Waals surface area contributed by atoms with Gasteiger partial charge < -0.3 is 10.2 Å². The predicted octanol–water partition coefficient (Wildman–Crippen LogP) is 3.55. The van der Waals surface area contributed by atoms with Gasteiger partial charge >= 0.3 is 6.18 Å². The van der Waals surface area contributed by atoms with Crippen molar-refractivity contribution in [1.82, 2.24) is 10.3 Å². The van der Waals surface area contributed by atoms with Crippen molar-refractivity contribution in [1.29, 1.82) is 0 Å². The summed E-state index contributed by atoms with van der Waals surface area (Å²) in [6.07, 6.45) is -4.22. The molecule has 0 fully saturated rings. The molecule has 7 heteroatoms. The smallest absolute Gasteiger partial charge is 0.342 e. The molecule has 0 unspecified atom stereocenters. The first-order valence-corrected chi connectivity index (χ1v) is 7.35. The number of anilines is 1. The third-order valence-corrected chi connectivity index (χ3v) is 3.84. The second-order valence-corrected chi connectivity index (χ2v) is 6.83. The minimum atomic E-state index is -4.22. The lowest BCUT2D eigenvalue weighted by Crippen LogP contribution is -2.30. The molecule has 0 bridgehead atoms. The van der Waals surface area contributed by atoms with Crippen molar-refractivity contribution in [2.24, 2.45) is 0 Å². The van der Waals surface area contributed by atoms with E-state index in [-0.39, 0.29) is 5.41 Å². The van der Waals surface area contributed by atoms with Gasteiger partial charge in [0, 0.05) is 23.9 Å². The van der Waals surface area contributed by atoms with Crippen LogP contribution >= 0.6 is 11.3 Å². The largest absolute Gasteiger partial charge is 0.405 e. The molecule has 0 amide bonds. The third-order valence-electron chi connectivity index (χ3n) is 2.68. The summed E-state index contributed by atoms with van der Waals surface area (Å²) in [5.74, 6) is 0. The van der Waals surface area contributed by atoms with Gasteiger partial charge in [-0.2, -0.15) is 13.2 Å². The maximum absolute atomic E-state index is 12.5. The first-order chi connectivity index (χ1) is 9.04. The Hall–Kier alpha value is -0.820. The highest BCUT2D eigenvalue weighted by Gasteiger charge is 2.31. The molecular formula is C13H22F3N3S. The van der Waals surface area contributed by atoms with Crippen molar-refractivity contribution >= 4 is 16.5 Å².